The lowest BCUT2D eigenvalue weighted by atomic mass is 10.1. The van der Waals surface area contributed by atoms with Gasteiger partial charge >= 0.3 is 12.1 Å². The van der Waals surface area contributed by atoms with E-state index in [1.807, 2.05) is 23.5 Å². The van der Waals surface area contributed by atoms with Crippen LogP contribution in [0.5, 0.6) is 0 Å². The lowest BCUT2D eigenvalue weighted by molar-refractivity contribution is -0.385. The first kappa shape index (κ1) is 23.7. The molecule has 0 aliphatic carbocycles. The number of nitro groups is 1. The Morgan fingerprint density at radius 1 is 1.09 bits per heavy atom. The highest BCUT2D eigenvalue weighted by Gasteiger charge is 2.35. The van der Waals surface area contributed by atoms with E-state index in [1.54, 1.807) is 12.1 Å². The minimum absolute atomic E-state index is 0.0745. The fourth-order valence-electron chi connectivity index (χ4n) is 2.61. The normalized spacial score (nSPS) is 11.0. The van der Waals surface area contributed by atoms with Gasteiger partial charge in [-0.25, -0.2) is 9.78 Å². The molecule has 0 bridgehead atoms. The van der Waals surface area contributed by atoms with Crippen LogP contribution in [0.1, 0.15) is 15.9 Å². The molecule has 12 heteroatoms. The summed E-state index contributed by atoms with van der Waals surface area (Å²) in [7, 11) is 0. The quantitative estimate of drug-likeness (QED) is 0.291. The van der Waals surface area contributed by atoms with Crippen molar-refractivity contribution in [1.29, 1.82) is 0 Å². The van der Waals surface area contributed by atoms with Crippen LogP contribution in [0.15, 0.2) is 76.8 Å². The van der Waals surface area contributed by atoms with Gasteiger partial charge in [0.25, 0.3) is 11.6 Å². The van der Waals surface area contributed by atoms with Gasteiger partial charge in [0.1, 0.15) is 5.03 Å². The van der Waals surface area contributed by atoms with Gasteiger partial charge in [-0.3, -0.25) is 14.9 Å². The topological polar surface area (TPSA) is 111 Å². The van der Waals surface area contributed by atoms with Crippen molar-refractivity contribution in [3.8, 4) is 0 Å². The molecule has 3 rings (SSSR count). The summed E-state index contributed by atoms with van der Waals surface area (Å²) >= 11 is 1.20. The van der Waals surface area contributed by atoms with Gasteiger partial charge in [0.15, 0.2) is 6.61 Å². The van der Waals surface area contributed by atoms with Gasteiger partial charge in [0.05, 0.1) is 21.7 Å². The van der Waals surface area contributed by atoms with E-state index >= 15 is 0 Å². The highest BCUT2D eigenvalue weighted by atomic mass is 32.2. The number of carbonyl (C=O) groups is 2. The summed E-state index contributed by atoms with van der Waals surface area (Å²) in [6.07, 6.45) is -3.48. The number of esters is 1. The zero-order valence-electron chi connectivity index (χ0n) is 16.5. The summed E-state index contributed by atoms with van der Waals surface area (Å²) in [5.74, 6) is -1.94. The zero-order chi connectivity index (χ0) is 24.0. The number of alkyl halides is 3. The number of nitrogens with one attached hydrogen (secondary N) is 1. The summed E-state index contributed by atoms with van der Waals surface area (Å²) in [6.45, 7) is -0.878. The Balaban J connectivity index is 1.69. The lowest BCUT2D eigenvalue weighted by Crippen LogP contribution is -2.23. The molecule has 0 aliphatic heterocycles. The average Bonchev–Trinajstić information content (AvgIpc) is 2.78. The summed E-state index contributed by atoms with van der Waals surface area (Å²) < 4.78 is 44.6. The van der Waals surface area contributed by atoms with Crippen molar-refractivity contribution in [2.75, 3.05) is 11.9 Å². The maximum Gasteiger partial charge on any atom is 0.418 e. The smallest absolute Gasteiger partial charge is 0.418 e. The SMILES string of the molecule is O=C(COC(=O)c1cccnc1Sc1ccccc1)Nc1ccc([N+](=O)[O-])cc1C(F)(F)F. The predicted octanol–water partition coefficient (Wildman–Crippen LogP) is 4.96. The van der Waals surface area contributed by atoms with Crippen LogP contribution in [-0.4, -0.2) is 28.4 Å². The minimum atomic E-state index is -4.95. The fraction of sp³-hybridized carbons (Fsp3) is 0.0952. The van der Waals surface area contributed by atoms with E-state index in [-0.39, 0.29) is 5.56 Å². The number of aromatic nitrogens is 1. The Hall–Kier alpha value is -3.93. The van der Waals surface area contributed by atoms with Crippen molar-refractivity contribution in [3.63, 3.8) is 0 Å². The van der Waals surface area contributed by atoms with Crippen LogP contribution in [0.3, 0.4) is 0 Å². The summed E-state index contributed by atoms with van der Waals surface area (Å²) in [4.78, 5) is 39.3. The standard InChI is InChI=1S/C21H14F3N3O5S/c22-21(23,24)16-11-13(27(30)31)8-9-17(16)26-18(28)12-32-20(29)15-7-4-10-25-19(15)33-14-5-2-1-3-6-14/h1-11H,12H2,(H,26,28). The first-order valence-corrected chi connectivity index (χ1v) is 9.97. The fourth-order valence-corrected chi connectivity index (χ4v) is 3.50. The average molecular weight is 477 g/mol. The number of non-ortho nitro benzene ring substituents is 1. The third-order valence-corrected chi connectivity index (χ3v) is 5.10. The number of benzene rings is 2. The molecule has 0 atom stereocenters. The molecule has 0 radical (unpaired) electrons. The molecule has 1 heterocycles. The van der Waals surface area contributed by atoms with Crippen LogP contribution in [0, 0.1) is 10.1 Å². The van der Waals surface area contributed by atoms with E-state index in [0.717, 1.165) is 17.0 Å². The van der Waals surface area contributed by atoms with E-state index < -0.39 is 46.5 Å². The van der Waals surface area contributed by atoms with E-state index in [9.17, 15) is 32.9 Å². The van der Waals surface area contributed by atoms with Gasteiger partial charge in [0, 0.05) is 23.2 Å². The third kappa shape index (κ3) is 6.29. The van der Waals surface area contributed by atoms with Gasteiger partial charge in [-0.2, -0.15) is 13.2 Å². The molecule has 33 heavy (non-hydrogen) atoms. The highest BCUT2D eigenvalue weighted by molar-refractivity contribution is 7.99. The van der Waals surface area contributed by atoms with Crippen molar-refractivity contribution >= 4 is 35.0 Å². The van der Waals surface area contributed by atoms with Gasteiger partial charge in [-0.15, -0.1) is 0 Å². The van der Waals surface area contributed by atoms with E-state index in [4.69, 9.17) is 4.74 Å². The Bertz CT molecular complexity index is 1190. The van der Waals surface area contributed by atoms with Crippen LogP contribution in [0.2, 0.25) is 0 Å². The molecule has 0 saturated heterocycles. The molecule has 1 N–H and O–H groups in total. The van der Waals surface area contributed by atoms with Gasteiger partial charge in [-0.1, -0.05) is 30.0 Å². The van der Waals surface area contributed by atoms with Crippen molar-refractivity contribution in [1.82, 2.24) is 4.98 Å². The van der Waals surface area contributed by atoms with E-state index in [0.29, 0.717) is 11.1 Å². The first-order chi connectivity index (χ1) is 15.6. The number of pyridine rings is 1. The third-order valence-electron chi connectivity index (χ3n) is 4.08. The second kappa shape index (κ2) is 10.1. The van der Waals surface area contributed by atoms with Crippen LogP contribution >= 0.6 is 11.8 Å². The maximum absolute atomic E-state index is 13.2. The molecule has 170 valence electrons. The number of hydrogen-bond acceptors (Lipinski definition) is 7. The van der Waals surface area contributed by atoms with Crippen molar-refractivity contribution < 1.29 is 32.4 Å². The number of anilines is 1. The molecule has 0 aliphatic rings. The number of hydrogen-bond donors (Lipinski definition) is 1. The molecule has 0 saturated carbocycles. The molecule has 2 aromatic carbocycles. The van der Waals surface area contributed by atoms with Crippen LogP contribution in [0.25, 0.3) is 0 Å². The Morgan fingerprint density at radius 2 is 1.82 bits per heavy atom. The molecule has 1 aromatic heterocycles. The number of halogens is 3. The molecular formula is C21H14F3N3O5S. The van der Waals surface area contributed by atoms with Crippen LogP contribution < -0.4 is 5.32 Å². The zero-order valence-corrected chi connectivity index (χ0v) is 17.4. The Labute approximate surface area is 188 Å². The molecule has 1 amide bonds. The highest BCUT2D eigenvalue weighted by Crippen LogP contribution is 2.37. The largest absolute Gasteiger partial charge is 0.452 e. The van der Waals surface area contributed by atoms with Crippen molar-refractivity contribution in [2.24, 2.45) is 0 Å². The van der Waals surface area contributed by atoms with Gasteiger partial charge < -0.3 is 10.1 Å². The van der Waals surface area contributed by atoms with Crippen molar-refractivity contribution in [2.45, 2.75) is 16.1 Å². The van der Waals surface area contributed by atoms with E-state index in [1.165, 1.54) is 30.1 Å². The first-order valence-electron chi connectivity index (χ1n) is 9.15. The number of carbonyl (C=O) groups excluding carboxylic acids is 2. The van der Waals surface area contributed by atoms with Gasteiger partial charge in [0.2, 0.25) is 0 Å². The molecular weight excluding hydrogens is 463 g/mol. The molecule has 3 aromatic rings. The summed E-state index contributed by atoms with van der Waals surface area (Å²) in [5.41, 5.74) is -2.81. The second-order valence-corrected chi connectivity index (χ2v) is 7.44. The van der Waals surface area contributed by atoms with E-state index in [2.05, 4.69) is 4.98 Å². The Kier molecular flexibility index (Phi) is 7.28. The summed E-state index contributed by atoms with van der Waals surface area (Å²) in [6, 6.07) is 13.9. The number of nitrogens with zero attached hydrogens (tertiary/aromatic N) is 2. The summed E-state index contributed by atoms with van der Waals surface area (Å²) in [5, 5.41) is 13.0. The molecule has 0 fully saturated rings. The van der Waals surface area contributed by atoms with Crippen LogP contribution in [0.4, 0.5) is 24.5 Å². The maximum atomic E-state index is 13.2. The number of amides is 1. The second-order valence-electron chi connectivity index (χ2n) is 6.38. The lowest BCUT2D eigenvalue weighted by Gasteiger charge is -2.14. The monoisotopic (exact) mass is 477 g/mol. The minimum Gasteiger partial charge on any atom is -0.452 e. The predicted molar refractivity (Wildman–Crippen MR) is 112 cm³/mol. The molecule has 8 nitrogen and oxygen atoms in total. The molecule has 0 unspecified atom stereocenters. The Morgan fingerprint density at radius 3 is 2.48 bits per heavy atom. The molecule has 0 spiro atoms. The van der Waals surface area contributed by atoms with Crippen molar-refractivity contribution in [3.05, 3.63) is 88.1 Å². The van der Waals surface area contributed by atoms with Gasteiger partial charge in [-0.05, 0) is 30.3 Å². The number of nitro benzene ring substituents is 1. The van der Waals surface area contributed by atoms with Crippen LogP contribution in [-0.2, 0) is 15.7 Å². The number of rotatable bonds is 7. The number of ether oxygens (including phenoxy) is 1.